The molecule has 51 nitrogen and oxygen atoms in total. The van der Waals surface area contributed by atoms with Gasteiger partial charge in [0.25, 0.3) is 23.3 Å². The second kappa shape index (κ2) is 53.5. The molecule has 0 radical (unpaired) electrons. The van der Waals surface area contributed by atoms with E-state index in [2.05, 4.69) is 80.6 Å². The van der Waals surface area contributed by atoms with Gasteiger partial charge in [0.1, 0.15) is 36.8 Å². The number of fused-ring (bicyclic) bond motifs is 3. The summed E-state index contributed by atoms with van der Waals surface area (Å²) in [7, 11) is 5.70. The van der Waals surface area contributed by atoms with Crippen molar-refractivity contribution in [1.29, 1.82) is 5.41 Å². The van der Waals surface area contributed by atoms with Gasteiger partial charge >= 0.3 is 30.0 Å². The van der Waals surface area contributed by atoms with Crippen LogP contribution < -0.4 is 94.9 Å². The van der Waals surface area contributed by atoms with Crippen LogP contribution in [0.2, 0.25) is 0 Å². The summed E-state index contributed by atoms with van der Waals surface area (Å²) in [4.78, 5) is 263. The first-order chi connectivity index (χ1) is 69.4. The molecule has 0 saturated carbocycles. The number of carbonyl (C=O) groups is 17. The molecule has 3 aromatic carbocycles. The number of aliphatic carboxylic acids is 4. The van der Waals surface area contributed by atoms with Gasteiger partial charge in [-0.15, -0.1) is 11.8 Å². The summed E-state index contributed by atoms with van der Waals surface area (Å²) in [5.41, 5.74) is 21.1. The van der Waals surface area contributed by atoms with Crippen LogP contribution in [0.4, 0.5) is 27.8 Å². The first-order valence-corrected chi connectivity index (χ1v) is 49.7. The molecule has 2 unspecified atom stereocenters. The number of nitrogens with two attached hydrogens (primary N) is 3. The Morgan fingerprint density at radius 2 is 1.28 bits per heavy atom. The Kier molecular flexibility index (Phi) is 41.3. The number of amides is 13. The van der Waals surface area contributed by atoms with Gasteiger partial charge in [-0.2, -0.15) is 4.98 Å². The number of nitrogens with one attached hydrogen (secondary N) is 12. The molecule has 4 fully saturated rings. The van der Waals surface area contributed by atoms with Crippen molar-refractivity contribution >= 4 is 181 Å². The summed E-state index contributed by atoms with van der Waals surface area (Å²) >= 11 is 0.600. The van der Waals surface area contributed by atoms with Crippen LogP contribution in [0.15, 0.2) is 88.8 Å². The molecule has 5 aromatic rings. The highest BCUT2D eigenvalue weighted by molar-refractivity contribution is 8.77. The number of aromatic amines is 1. The van der Waals surface area contributed by atoms with Crippen LogP contribution in [0.5, 0.6) is 23.0 Å². The van der Waals surface area contributed by atoms with E-state index in [4.69, 9.17) is 51.0 Å². The minimum atomic E-state index is -2.21. The molecule has 0 bridgehead atoms. The number of aliphatic imine (C=N–C) groups is 1. The van der Waals surface area contributed by atoms with Crippen LogP contribution in [0.1, 0.15) is 154 Å². The number of unbranched alkanes of at least 4 members (excludes halogenated alkanes) is 2. The maximum atomic E-state index is 14.5. The van der Waals surface area contributed by atoms with Crippen molar-refractivity contribution < 1.29 is 130 Å². The van der Waals surface area contributed by atoms with Crippen molar-refractivity contribution in [2.24, 2.45) is 10.7 Å². The van der Waals surface area contributed by atoms with E-state index in [1.807, 2.05) is 24.5 Å². The number of hydrogen-bond acceptors (Lipinski definition) is 35. The number of carbonyl (C=O) groups excluding carboxylic acids is 13. The van der Waals surface area contributed by atoms with Crippen LogP contribution in [0.25, 0.3) is 11.2 Å². The number of hydrogen-bond donors (Lipinski definition) is 19. The average molecular weight is 2090 g/mol. The number of anilines is 3. The first kappa shape index (κ1) is 113. The van der Waals surface area contributed by atoms with E-state index >= 15 is 0 Å². The van der Waals surface area contributed by atoms with Crippen LogP contribution in [0, 0.1) is 5.41 Å². The molecular formula is C92H119N23O28S3. The maximum Gasteiger partial charge on any atom is 0.412 e. The minimum absolute atomic E-state index is 0.00431. The highest BCUT2D eigenvalue weighted by Gasteiger charge is 2.47. The molecule has 0 spiro atoms. The fraction of sp³-hybridized carbons (Fsp3) is 0.489. The minimum Gasteiger partial charge on any atom is -0.493 e. The molecule has 22 N–H and O–H groups in total. The largest absolute Gasteiger partial charge is 0.493 e. The van der Waals surface area contributed by atoms with Gasteiger partial charge in [-0.25, -0.2) is 19.6 Å². The summed E-state index contributed by atoms with van der Waals surface area (Å²) in [6.45, 7) is 14.6. The predicted molar refractivity (Wildman–Crippen MR) is 531 cm³/mol. The Balaban J connectivity index is 0.604. The summed E-state index contributed by atoms with van der Waals surface area (Å²) in [6, 6.07) is 1.04. The zero-order chi connectivity index (χ0) is 106. The second-order valence-corrected chi connectivity index (χ2v) is 39.5. The van der Waals surface area contributed by atoms with E-state index in [1.54, 1.807) is 47.2 Å². The van der Waals surface area contributed by atoms with Crippen molar-refractivity contribution in [2.45, 2.75) is 188 Å². The van der Waals surface area contributed by atoms with Gasteiger partial charge in [0.15, 0.2) is 46.3 Å². The number of H-pyrrole nitrogens is 1. The van der Waals surface area contributed by atoms with Crippen molar-refractivity contribution in [2.75, 3.05) is 115 Å². The van der Waals surface area contributed by atoms with Crippen molar-refractivity contribution in [1.82, 2.24) is 87.4 Å². The Labute approximate surface area is 847 Å². The lowest BCUT2D eigenvalue weighted by molar-refractivity contribution is -0.144. The topological polar surface area (TPSA) is 746 Å². The summed E-state index contributed by atoms with van der Waals surface area (Å²) in [5, 5.41) is 70.2. The van der Waals surface area contributed by atoms with Crippen molar-refractivity contribution in [3.63, 3.8) is 0 Å². The number of rotatable bonds is 56. The van der Waals surface area contributed by atoms with Gasteiger partial charge in [-0.05, 0) is 109 Å². The summed E-state index contributed by atoms with van der Waals surface area (Å²) in [5.74, 6) is -16.5. The number of nitrogens with zero attached hydrogens (tertiary/aromatic N) is 8. The van der Waals surface area contributed by atoms with Gasteiger partial charge in [-0.1, -0.05) is 45.9 Å². The van der Waals surface area contributed by atoms with Crippen LogP contribution in [-0.2, 0) is 78.3 Å². The molecule has 5 aliphatic rings. The van der Waals surface area contributed by atoms with E-state index < -0.39 is 210 Å². The zero-order valence-electron chi connectivity index (χ0n) is 80.6. The second-order valence-electron chi connectivity index (χ2n) is 35.1. The monoisotopic (exact) mass is 2090 g/mol. The van der Waals surface area contributed by atoms with E-state index in [0.29, 0.717) is 103 Å². The number of aromatic nitrogens is 4. The molecule has 788 valence electrons. The lowest BCUT2D eigenvalue weighted by Gasteiger charge is -2.33. The average Bonchev–Trinajstić information content (AvgIpc) is 1.62. The van der Waals surface area contributed by atoms with Gasteiger partial charge in [0.05, 0.1) is 117 Å². The maximum absolute atomic E-state index is 14.5. The third-order valence-corrected chi connectivity index (χ3v) is 27.7. The van der Waals surface area contributed by atoms with Crippen molar-refractivity contribution in [3.05, 3.63) is 112 Å². The molecule has 13 amide bonds. The fourth-order valence-corrected chi connectivity index (χ4v) is 19.3. The lowest BCUT2D eigenvalue weighted by Crippen LogP contribution is -2.59. The van der Waals surface area contributed by atoms with Gasteiger partial charge in [0.2, 0.25) is 59.1 Å². The highest BCUT2D eigenvalue weighted by Crippen LogP contribution is 2.42. The fourth-order valence-electron chi connectivity index (χ4n) is 15.7. The number of imide groups is 1. The number of likely N-dealkylation sites (tertiary alicyclic amines) is 2. The van der Waals surface area contributed by atoms with Gasteiger partial charge in [0, 0.05) is 118 Å². The molecule has 54 heteroatoms. The standard InChI is InChI=1S/C92H119N23O28S3/c1-47-30-53-42-101-58-35-67(65(139-7)33-55(58)85(133)114(53)43-47)141-27-10-8-9-26-140-66-34-56(93)54(32-64(66)138-6)84(132)115-44-48(2)31-63(115)87-113(25-28-142-87)91(137)143-46-92(4,5)146-145-29-20-70(117)98-23-22-97-69(116)19-24-112-72(119)39-68(86(112)134)144-45-62(88(135)136)109-82(130)61(38-75(124)125)108-81(129)60(37-74(122)123)107-79(127)57(12-11-21-99-89(94)95)106-80(128)59(36-73(120)121)105-71(118)18-13-49(3)103-78(126)50-14-16-51(17-15-50)100-40-52-41-102-77-76(104-52)83(131)111-90(96)110-77/h14-17,32-35,41-42,49,53,57,59-63,68,87,100H,1-2,8-13,18-31,36-40,43-46,93H2,3-7H3,(H,97,116)(H,98,117)(H,103,126)(H,105,118)(H,106,128)(H,107,127)(H,108,129)(H,109,130)(H,120,121)(H,122,123)(H,124,125)(H,135,136)(H4,94,95,99)(H3,96,102,110,111,131)/t49-,53+,57+,59+,60+,61+,62+,63+,68?,87?/m1/s1. The van der Waals surface area contributed by atoms with Gasteiger partial charge in [-0.3, -0.25) is 102 Å². The lowest BCUT2D eigenvalue weighted by atomic mass is 10.1. The van der Waals surface area contributed by atoms with E-state index in [0.717, 1.165) is 22.5 Å². The molecule has 0 aliphatic carbocycles. The number of methoxy groups -OCH3 is 2. The van der Waals surface area contributed by atoms with Gasteiger partial charge < -0.3 is 129 Å². The Bertz CT molecular complexity index is 5860. The number of carboxylic acid groups (broad SMARTS) is 4. The van der Waals surface area contributed by atoms with E-state index in [-0.39, 0.29) is 136 Å². The molecule has 10 rings (SSSR count). The number of benzene rings is 3. The van der Waals surface area contributed by atoms with Crippen molar-refractivity contribution in [3.8, 4) is 23.0 Å². The van der Waals surface area contributed by atoms with E-state index in [9.17, 15) is 107 Å². The molecule has 10 atom stereocenters. The normalized spacial score (nSPS) is 17.0. The SMILES string of the molecule is C=C1C[C@H]2C=Nc3cc(OCCCCCOc4cc(N)c(C(=O)N5CC(=C)C[C@H]5C5OCCN5C(=O)OCC(C)(C)SSCCC(=O)NCCNC(=O)CCN5C(=O)CC(SC[C@H](NC(=O)[C@H](CC(=O)O)NC(=O)[C@H](CC(=O)O)NC(=O)[C@H](CCCNC(=N)N)NC(=O)[C@H](CC(=O)O)NC(=O)CC[C@@H](C)NC(=O)c6ccc(NCc7cnc8nc(N)[nH]c(=O)c8n7)cc6)C(=O)O)C5=O)cc4OC)c(OC)cc3C(=O)N2C1. The van der Waals surface area contributed by atoms with Crippen LogP contribution in [-0.4, -0.2) is 336 Å². The molecule has 146 heavy (non-hydrogen) atoms. The smallest absolute Gasteiger partial charge is 0.412 e. The first-order valence-electron chi connectivity index (χ1n) is 46.4. The number of guanidine groups is 1. The summed E-state index contributed by atoms with van der Waals surface area (Å²) < 4.78 is 34.8. The quantitative estimate of drug-likeness (QED) is 0.00491. The predicted octanol–water partition coefficient (Wildman–Crippen LogP) is 1.02. The third kappa shape index (κ3) is 33.0. The number of nitrogen functional groups attached to an aromatic ring is 2. The summed E-state index contributed by atoms with van der Waals surface area (Å²) in [6.07, 6.45) is -0.781. The third-order valence-electron chi connectivity index (χ3n) is 23.2. The number of ether oxygens (including phenoxy) is 6. The number of carboxylic acids is 4. The Morgan fingerprint density at radius 3 is 1.92 bits per heavy atom. The Morgan fingerprint density at radius 1 is 0.671 bits per heavy atom. The zero-order valence-corrected chi connectivity index (χ0v) is 83.0. The molecule has 5 aliphatic heterocycles. The molecular weight excluding hydrogens is 1970 g/mol. The molecule has 4 saturated heterocycles. The van der Waals surface area contributed by atoms with Crippen LogP contribution in [0.3, 0.4) is 0 Å². The van der Waals surface area contributed by atoms with E-state index in [1.165, 1.54) is 71.2 Å². The number of thioether (sulfide) groups is 1. The molecule has 7 heterocycles. The molecule has 2 aromatic heterocycles. The Hall–Kier alpha value is -15.1. The van der Waals surface area contributed by atoms with Crippen LogP contribution >= 0.6 is 33.3 Å². The highest BCUT2D eigenvalue weighted by atomic mass is 33.1.